The molecule has 6 rings (SSSR count). The van der Waals surface area contributed by atoms with Gasteiger partial charge in [0, 0.05) is 6.21 Å². The van der Waals surface area contributed by atoms with E-state index in [4.69, 9.17) is 4.74 Å². The van der Waals surface area contributed by atoms with E-state index in [1.165, 1.54) is 38.5 Å². The van der Waals surface area contributed by atoms with Crippen molar-refractivity contribution in [3.8, 4) is 5.75 Å². The average molecular weight is 345 g/mol. The van der Waals surface area contributed by atoms with Gasteiger partial charge in [-0.3, -0.25) is 4.99 Å². The SMILES string of the molecule is COc1ccc(C=Nc2ccc(C34CC5CC(CC(C5)C3)C4)cc2)cc1. The van der Waals surface area contributed by atoms with E-state index in [0.29, 0.717) is 5.41 Å². The largest absolute Gasteiger partial charge is 0.497 e. The summed E-state index contributed by atoms with van der Waals surface area (Å²) in [7, 11) is 1.69. The van der Waals surface area contributed by atoms with E-state index in [0.717, 1.165) is 34.8 Å². The summed E-state index contributed by atoms with van der Waals surface area (Å²) in [5, 5.41) is 0. The molecule has 0 N–H and O–H groups in total. The molecule has 4 aliphatic rings. The van der Waals surface area contributed by atoms with Crippen LogP contribution < -0.4 is 4.74 Å². The van der Waals surface area contributed by atoms with Crippen LogP contribution in [-0.2, 0) is 5.41 Å². The number of aliphatic imine (C=N–C) groups is 1. The molecular formula is C24H27NO. The molecule has 4 aliphatic carbocycles. The molecule has 0 heterocycles. The minimum absolute atomic E-state index is 0.479. The Labute approximate surface area is 156 Å². The molecular weight excluding hydrogens is 318 g/mol. The van der Waals surface area contributed by atoms with Gasteiger partial charge in [0.25, 0.3) is 0 Å². The van der Waals surface area contributed by atoms with Crippen molar-refractivity contribution in [2.75, 3.05) is 7.11 Å². The van der Waals surface area contributed by atoms with E-state index < -0.39 is 0 Å². The van der Waals surface area contributed by atoms with Gasteiger partial charge in [-0.25, -0.2) is 0 Å². The van der Waals surface area contributed by atoms with Crippen LogP contribution in [0.3, 0.4) is 0 Å². The molecule has 2 aromatic rings. The number of ether oxygens (including phenoxy) is 1. The number of benzene rings is 2. The second-order valence-electron chi connectivity index (χ2n) is 8.78. The van der Waals surface area contributed by atoms with E-state index in [9.17, 15) is 0 Å². The topological polar surface area (TPSA) is 21.6 Å². The normalized spacial score (nSPS) is 32.3. The van der Waals surface area contributed by atoms with Gasteiger partial charge in [0.15, 0.2) is 0 Å². The Morgan fingerprint density at radius 1 is 0.846 bits per heavy atom. The lowest BCUT2D eigenvalue weighted by Crippen LogP contribution is -2.48. The van der Waals surface area contributed by atoms with Crippen molar-refractivity contribution in [2.24, 2.45) is 22.7 Å². The standard InChI is InChI=1S/C24H27NO/c1-26-23-8-2-17(3-9-23)16-25-22-6-4-21(5-7-22)24-13-18-10-19(14-24)12-20(11-18)15-24/h2-9,16,18-20H,10-15H2,1H3. The van der Waals surface area contributed by atoms with Crippen molar-refractivity contribution in [3.05, 3.63) is 59.7 Å². The van der Waals surface area contributed by atoms with Crippen LogP contribution >= 0.6 is 0 Å². The van der Waals surface area contributed by atoms with Crippen LogP contribution in [0.25, 0.3) is 0 Å². The first-order chi connectivity index (χ1) is 12.7. The molecule has 134 valence electrons. The maximum Gasteiger partial charge on any atom is 0.118 e. The van der Waals surface area contributed by atoms with Gasteiger partial charge >= 0.3 is 0 Å². The lowest BCUT2D eigenvalue weighted by atomic mass is 9.48. The third kappa shape index (κ3) is 2.86. The Bertz CT molecular complexity index is 768. The first-order valence-corrected chi connectivity index (χ1v) is 10.0. The summed E-state index contributed by atoms with van der Waals surface area (Å²) in [5.41, 5.74) is 4.18. The van der Waals surface area contributed by atoms with E-state index in [1.54, 1.807) is 12.7 Å². The van der Waals surface area contributed by atoms with E-state index in [-0.39, 0.29) is 0 Å². The van der Waals surface area contributed by atoms with Crippen LogP contribution in [0.1, 0.15) is 49.7 Å². The highest BCUT2D eigenvalue weighted by Crippen LogP contribution is 2.60. The quantitative estimate of drug-likeness (QED) is 0.631. The summed E-state index contributed by atoms with van der Waals surface area (Å²) >= 11 is 0. The number of hydrogen-bond acceptors (Lipinski definition) is 2. The average Bonchev–Trinajstić information content (AvgIpc) is 2.66. The molecule has 4 fully saturated rings. The van der Waals surface area contributed by atoms with Crippen molar-refractivity contribution >= 4 is 11.9 Å². The third-order valence-corrected chi connectivity index (χ3v) is 7.00. The summed E-state index contributed by atoms with van der Waals surface area (Å²) in [6.07, 6.45) is 10.7. The molecule has 2 aromatic carbocycles. The third-order valence-electron chi connectivity index (χ3n) is 7.00. The fourth-order valence-corrected chi connectivity index (χ4v) is 6.20. The van der Waals surface area contributed by atoms with Crippen molar-refractivity contribution in [3.63, 3.8) is 0 Å². The van der Waals surface area contributed by atoms with Gasteiger partial charge in [-0.15, -0.1) is 0 Å². The minimum atomic E-state index is 0.479. The first-order valence-electron chi connectivity index (χ1n) is 10.0. The van der Waals surface area contributed by atoms with Crippen LogP contribution in [-0.4, -0.2) is 13.3 Å². The highest BCUT2D eigenvalue weighted by Gasteiger charge is 2.51. The molecule has 2 nitrogen and oxygen atoms in total. The molecule has 26 heavy (non-hydrogen) atoms. The zero-order valence-electron chi connectivity index (χ0n) is 15.5. The molecule has 0 saturated heterocycles. The van der Waals surface area contributed by atoms with Crippen molar-refractivity contribution < 1.29 is 4.74 Å². The summed E-state index contributed by atoms with van der Waals surface area (Å²) in [6, 6.07) is 17.1. The van der Waals surface area contributed by atoms with Gasteiger partial charge in [0.2, 0.25) is 0 Å². The summed E-state index contributed by atoms with van der Waals surface area (Å²) < 4.78 is 5.20. The van der Waals surface area contributed by atoms with Crippen LogP contribution in [0.2, 0.25) is 0 Å². The Kier molecular flexibility index (Phi) is 3.88. The number of methoxy groups -OCH3 is 1. The molecule has 2 heteroatoms. The zero-order chi connectivity index (χ0) is 17.6. The predicted molar refractivity (Wildman–Crippen MR) is 107 cm³/mol. The molecule has 4 saturated carbocycles. The maximum absolute atomic E-state index is 5.20. The van der Waals surface area contributed by atoms with Crippen LogP contribution in [0.15, 0.2) is 53.5 Å². The molecule has 0 amide bonds. The van der Waals surface area contributed by atoms with Crippen LogP contribution in [0.4, 0.5) is 5.69 Å². The molecule has 0 spiro atoms. The van der Waals surface area contributed by atoms with E-state index >= 15 is 0 Å². The number of nitrogens with zero attached hydrogens (tertiary/aromatic N) is 1. The van der Waals surface area contributed by atoms with Crippen LogP contribution in [0, 0.1) is 17.8 Å². The maximum atomic E-state index is 5.20. The predicted octanol–water partition coefficient (Wildman–Crippen LogP) is 5.91. The van der Waals surface area contributed by atoms with E-state index in [2.05, 4.69) is 29.3 Å². The molecule has 0 unspecified atom stereocenters. The lowest BCUT2D eigenvalue weighted by molar-refractivity contribution is -0.00518. The number of rotatable bonds is 4. The minimum Gasteiger partial charge on any atom is -0.497 e. The monoisotopic (exact) mass is 345 g/mol. The lowest BCUT2D eigenvalue weighted by Gasteiger charge is -2.57. The second-order valence-corrected chi connectivity index (χ2v) is 8.78. The van der Waals surface area contributed by atoms with Gasteiger partial charge in [-0.1, -0.05) is 12.1 Å². The summed E-state index contributed by atoms with van der Waals surface area (Å²) in [4.78, 5) is 4.65. The highest BCUT2D eigenvalue weighted by molar-refractivity contribution is 5.82. The van der Waals surface area contributed by atoms with Gasteiger partial charge in [0.1, 0.15) is 5.75 Å². The Hall–Kier alpha value is -2.09. The molecule has 0 radical (unpaired) electrons. The van der Waals surface area contributed by atoms with Gasteiger partial charge in [-0.05, 0) is 109 Å². The summed E-state index contributed by atoms with van der Waals surface area (Å²) in [6.45, 7) is 0. The fraction of sp³-hybridized carbons (Fsp3) is 0.458. The van der Waals surface area contributed by atoms with Gasteiger partial charge < -0.3 is 4.74 Å². The van der Waals surface area contributed by atoms with Crippen molar-refractivity contribution in [1.82, 2.24) is 0 Å². The molecule has 0 aromatic heterocycles. The second kappa shape index (κ2) is 6.26. The Morgan fingerprint density at radius 3 is 1.96 bits per heavy atom. The molecule has 0 aliphatic heterocycles. The summed E-state index contributed by atoms with van der Waals surface area (Å²) in [5.74, 6) is 3.86. The Morgan fingerprint density at radius 2 is 1.42 bits per heavy atom. The fourth-order valence-electron chi connectivity index (χ4n) is 6.20. The van der Waals surface area contributed by atoms with Crippen molar-refractivity contribution in [2.45, 2.75) is 43.9 Å². The molecule has 0 atom stereocenters. The zero-order valence-corrected chi connectivity index (χ0v) is 15.5. The van der Waals surface area contributed by atoms with Gasteiger partial charge in [-0.2, -0.15) is 0 Å². The smallest absolute Gasteiger partial charge is 0.118 e. The van der Waals surface area contributed by atoms with Crippen molar-refractivity contribution in [1.29, 1.82) is 0 Å². The van der Waals surface area contributed by atoms with Gasteiger partial charge in [0.05, 0.1) is 12.8 Å². The van der Waals surface area contributed by atoms with Crippen LogP contribution in [0.5, 0.6) is 5.75 Å². The first kappa shape index (κ1) is 16.1. The Balaban J connectivity index is 1.33. The number of hydrogen-bond donors (Lipinski definition) is 0. The molecule has 4 bridgehead atoms. The van der Waals surface area contributed by atoms with E-state index in [1.807, 2.05) is 30.5 Å². The highest BCUT2D eigenvalue weighted by atomic mass is 16.5.